The average molecular weight is 326 g/mol. The van der Waals surface area contributed by atoms with Crippen molar-refractivity contribution in [1.29, 1.82) is 0 Å². The van der Waals surface area contributed by atoms with Gasteiger partial charge in [0.25, 0.3) is 0 Å². The Bertz CT molecular complexity index is 422. The summed E-state index contributed by atoms with van der Waals surface area (Å²) in [6.07, 6.45) is 0.943. The van der Waals surface area contributed by atoms with Crippen LogP contribution in [0.5, 0.6) is 0 Å². The van der Waals surface area contributed by atoms with Gasteiger partial charge in [0, 0.05) is 30.1 Å². The summed E-state index contributed by atoms with van der Waals surface area (Å²) in [6, 6.07) is 7.25. The maximum atomic E-state index is 5.61. The lowest BCUT2D eigenvalue weighted by Crippen LogP contribution is -2.51. The van der Waals surface area contributed by atoms with Crippen molar-refractivity contribution in [2.24, 2.45) is 5.73 Å². The third-order valence-corrected chi connectivity index (χ3v) is 4.59. The van der Waals surface area contributed by atoms with Crippen LogP contribution in [0.1, 0.15) is 19.4 Å². The Morgan fingerprint density at radius 1 is 1.37 bits per heavy atom. The molecule has 0 saturated carbocycles. The molecule has 1 aromatic rings. The first-order valence-electron chi connectivity index (χ1n) is 7.13. The molecular weight excluding hydrogens is 302 g/mol. The van der Waals surface area contributed by atoms with Crippen LogP contribution in [-0.4, -0.2) is 43.7 Å². The van der Waals surface area contributed by atoms with Gasteiger partial charge in [-0.2, -0.15) is 0 Å². The molecule has 0 spiro atoms. The van der Waals surface area contributed by atoms with Gasteiger partial charge in [-0.15, -0.1) is 0 Å². The van der Waals surface area contributed by atoms with E-state index in [-0.39, 0.29) is 0 Å². The number of rotatable bonds is 4. The first-order chi connectivity index (χ1) is 9.15. The molecule has 0 bridgehead atoms. The number of benzene rings is 1. The molecule has 0 aliphatic carbocycles. The Hall–Kier alpha value is -0.580. The molecule has 0 radical (unpaired) electrons. The van der Waals surface area contributed by atoms with E-state index in [1.54, 1.807) is 0 Å². The SMILES string of the molecule is CCN1CCN(c2ccc(CCN)cc2Br)CC1C. The van der Waals surface area contributed by atoms with E-state index in [0.717, 1.165) is 32.6 Å². The van der Waals surface area contributed by atoms with Gasteiger partial charge in [-0.25, -0.2) is 0 Å². The van der Waals surface area contributed by atoms with Gasteiger partial charge in [0.15, 0.2) is 0 Å². The number of likely N-dealkylation sites (N-methyl/N-ethyl adjacent to an activating group) is 1. The van der Waals surface area contributed by atoms with Crippen molar-refractivity contribution in [3.8, 4) is 0 Å². The van der Waals surface area contributed by atoms with Gasteiger partial charge >= 0.3 is 0 Å². The van der Waals surface area contributed by atoms with Crippen LogP contribution in [0.2, 0.25) is 0 Å². The van der Waals surface area contributed by atoms with E-state index < -0.39 is 0 Å². The Morgan fingerprint density at radius 3 is 2.74 bits per heavy atom. The Balaban J connectivity index is 2.10. The minimum atomic E-state index is 0.620. The fourth-order valence-corrected chi connectivity index (χ4v) is 3.49. The molecule has 1 unspecified atom stereocenters. The maximum Gasteiger partial charge on any atom is 0.0511 e. The molecule has 1 aliphatic rings. The van der Waals surface area contributed by atoms with Crippen molar-refractivity contribution in [1.82, 2.24) is 4.90 Å². The largest absolute Gasteiger partial charge is 0.368 e. The van der Waals surface area contributed by atoms with Crippen LogP contribution in [0.15, 0.2) is 22.7 Å². The van der Waals surface area contributed by atoms with Crippen LogP contribution in [0.25, 0.3) is 0 Å². The van der Waals surface area contributed by atoms with Crippen molar-refractivity contribution < 1.29 is 0 Å². The monoisotopic (exact) mass is 325 g/mol. The number of hydrogen-bond acceptors (Lipinski definition) is 3. The summed E-state index contributed by atoms with van der Waals surface area (Å²) in [7, 11) is 0. The van der Waals surface area contributed by atoms with Crippen LogP contribution < -0.4 is 10.6 Å². The Morgan fingerprint density at radius 2 is 2.16 bits per heavy atom. The summed E-state index contributed by atoms with van der Waals surface area (Å²) in [5.74, 6) is 0. The molecule has 2 N–H and O–H groups in total. The van der Waals surface area contributed by atoms with Gasteiger partial charge in [-0.05, 0) is 60.1 Å². The smallest absolute Gasteiger partial charge is 0.0511 e. The molecule has 3 nitrogen and oxygen atoms in total. The second-order valence-electron chi connectivity index (χ2n) is 5.25. The second-order valence-corrected chi connectivity index (χ2v) is 6.10. The Kier molecular flexibility index (Phi) is 5.25. The lowest BCUT2D eigenvalue weighted by Gasteiger charge is -2.40. The minimum Gasteiger partial charge on any atom is -0.368 e. The number of nitrogens with two attached hydrogens (primary N) is 1. The van der Waals surface area contributed by atoms with E-state index in [9.17, 15) is 0 Å². The molecule has 19 heavy (non-hydrogen) atoms. The zero-order valence-electron chi connectivity index (χ0n) is 11.9. The molecule has 1 aliphatic heterocycles. The van der Waals surface area contributed by atoms with Gasteiger partial charge in [0.1, 0.15) is 0 Å². The zero-order chi connectivity index (χ0) is 13.8. The van der Waals surface area contributed by atoms with E-state index in [0.29, 0.717) is 12.6 Å². The highest BCUT2D eigenvalue weighted by molar-refractivity contribution is 9.10. The first-order valence-corrected chi connectivity index (χ1v) is 7.92. The predicted octanol–water partition coefficient (Wildman–Crippen LogP) is 2.48. The molecule has 2 rings (SSSR count). The molecule has 1 aromatic carbocycles. The quantitative estimate of drug-likeness (QED) is 0.923. The third-order valence-electron chi connectivity index (χ3n) is 3.96. The summed E-state index contributed by atoms with van der Waals surface area (Å²) < 4.78 is 1.19. The van der Waals surface area contributed by atoms with Gasteiger partial charge in [0.2, 0.25) is 0 Å². The summed E-state index contributed by atoms with van der Waals surface area (Å²) >= 11 is 3.71. The van der Waals surface area contributed by atoms with E-state index in [2.05, 4.69) is 57.8 Å². The number of nitrogens with zero attached hydrogens (tertiary/aromatic N) is 2. The van der Waals surface area contributed by atoms with Gasteiger partial charge in [0.05, 0.1) is 5.69 Å². The topological polar surface area (TPSA) is 32.5 Å². The highest BCUT2D eigenvalue weighted by Gasteiger charge is 2.23. The molecule has 0 amide bonds. The van der Waals surface area contributed by atoms with Crippen LogP contribution in [-0.2, 0) is 6.42 Å². The minimum absolute atomic E-state index is 0.620. The number of anilines is 1. The van der Waals surface area contributed by atoms with E-state index in [1.165, 1.54) is 15.7 Å². The number of piperazine rings is 1. The summed E-state index contributed by atoms with van der Waals surface area (Å²) in [5, 5.41) is 0. The maximum absolute atomic E-state index is 5.61. The molecule has 1 atom stereocenters. The van der Waals surface area contributed by atoms with Crippen molar-refractivity contribution in [3.63, 3.8) is 0 Å². The molecule has 1 saturated heterocycles. The average Bonchev–Trinajstić information content (AvgIpc) is 2.39. The van der Waals surface area contributed by atoms with E-state index in [4.69, 9.17) is 5.73 Å². The molecule has 106 valence electrons. The van der Waals surface area contributed by atoms with Crippen molar-refractivity contribution >= 4 is 21.6 Å². The van der Waals surface area contributed by atoms with Crippen LogP contribution in [0, 0.1) is 0 Å². The predicted molar refractivity (Wildman–Crippen MR) is 85.8 cm³/mol. The Labute approximate surface area is 124 Å². The lowest BCUT2D eigenvalue weighted by atomic mass is 10.1. The normalized spacial score (nSPS) is 20.8. The fourth-order valence-electron chi connectivity index (χ4n) is 2.81. The fraction of sp³-hybridized carbons (Fsp3) is 0.600. The van der Waals surface area contributed by atoms with Gasteiger partial charge in [-0.1, -0.05) is 13.0 Å². The summed E-state index contributed by atoms with van der Waals surface area (Å²) in [4.78, 5) is 5.01. The molecule has 4 heteroatoms. The highest BCUT2D eigenvalue weighted by atomic mass is 79.9. The lowest BCUT2D eigenvalue weighted by molar-refractivity contribution is 0.199. The number of halogens is 1. The molecule has 1 fully saturated rings. The molecular formula is C15H24BrN3. The van der Waals surface area contributed by atoms with Crippen LogP contribution in [0.4, 0.5) is 5.69 Å². The van der Waals surface area contributed by atoms with Crippen LogP contribution in [0.3, 0.4) is 0 Å². The van der Waals surface area contributed by atoms with Gasteiger partial charge < -0.3 is 10.6 Å². The van der Waals surface area contributed by atoms with E-state index in [1.807, 2.05) is 0 Å². The molecule has 1 heterocycles. The summed E-state index contributed by atoms with van der Waals surface area (Å²) in [6.45, 7) is 9.75. The standard InChI is InChI=1S/C15H24BrN3/c1-3-18-8-9-19(11-12(18)2)15-5-4-13(6-7-17)10-14(15)16/h4-5,10,12H,3,6-9,11,17H2,1-2H3. The molecule has 0 aromatic heterocycles. The van der Waals surface area contributed by atoms with Crippen molar-refractivity contribution in [3.05, 3.63) is 28.2 Å². The first kappa shape index (κ1) is 14.8. The van der Waals surface area contributed by atoms with Crippen LogP contribution >= 0.6 is 15.9 Å². The zero-order valence-corrected chi connectivity index (χ0v) is 13.5. The summed E-state index contributed by atoms with van der Waals surface area (Å²) in [5.41, 5.74) is 8.22. The van der Waals surface area contributed by atoms with Crippen molar-refractivity contribution in [2.75, 3.05) is 37.6 Å². The highest BCUT2D eigenvalue weighted by Crippen LogP contribution is 2.29. The third kappa shape index (κ3) is 3.50. The second kappa shape index (κ2) is 6.73. The van der Waals surface area contributed by atoms with Gasteiger partial charge in [-0.3, -0.25) is 4.90 Å². The number of hydrogen-bond donors (Lipinski definition) is 1. The van der Waals surface area contributed by atoms with E-state index >= 15 is 0 Å². The van der Waals surface area contributed by atoms with Crippen molar-refractivity contribution in [2.45, 2.75) is 26.3 Å².